The van der Waals surface area contributed by atoms with Crippen molar-refractivity contribution in [3.8, 4) is 0 Å². The highest BCUT2D eigenvalue weighted by Gasteiger charge is 2.29. The Balaban J connectivity index is 1.81. The molecule has 3 heterocycles. The maximum absolute atomic E-state index is 12.5. The predicted molar refractivity (Wildman–Crippen MR) is 95.2 cm³/mol. The highest BCUT2D eigenvalue weighted by atomic mass is 16.3. The van der Waals surface area contributed by atoms with Crippen molar-refractivity contribution in [3.05, 3.63) is 52.3 Å². The summed E-state index contributed by atoms with van der Waals surface area (Å²) in [7, 11) is 1.79. The Labute approximate surface area is 145 Å². The number of hydrogen-bond acceptors (Lipinski definition) is 3. The molecule has 3 N–H and O–H groups in total. The van der Waals surface area contributed by atoms with Crippen LogP contribution in [0.15, 0.2) is 24.4 Å². The van der Waals surface area contributed by atoms with Gasteiger partial charge < -0.3 is 20.3 Å². The first-order chi connectivity index (χ1) is 12.1. The van der Waals surface area contributed by atoms with Crippen LogP contribution in [0.1, 0.15) is 32.7 Å². The van der Waals surface area contributed by atoms with Crippen molar-refractivity contribution in [2.75, 3.05) is 25.5 Å². The Bertz CT molecular complexity index is 911. The lowest BCUT2D eigenvalue weighted by Crippen LogP contribution is -2.33. The minimum absolute atomic E-state index is 0.000562. The number of anilines is 1. The average Bonchev–Trinajstić information content (AvgIpc) is 3.14. The molecule has 6 heteroatoms. The molecular weight excluding hydrogens is 318 g/mol. The summed E-state index contributed by atoms with van der Waals surface area (Å²) >= 11 is 0. The third-order valence-corrected chi connectivity index (χ3v) is 4.88. The first-order valence-electron chi connectivity index (χ1n) is 8.32. The van der Waals surface area contributed by atoms with Crippen LogP contribution in [0.4, 0.5) is 5.69 Å². The van der Waals surface area contributed by atoms with E-state index in [4.69, 9.17) is 0 Å². The first-order valence-corrected chi connectivity index (χ1v) is 8.32. The molecule has 1 aromatic heterocycles. The van der Waals surface area contributed by atoms with Crippen LogP contribution in [-0.4, -0.2) is 47.0 Å². The Kier molecular flexibility index (Phi) is 3.69. The summed E-state index contributed by atoms with van der Waals surface area (Å²) in [5, 5.41) is 12.2. The van der Waals surface area contributed by atoms with Gasteiger partial charge in [-0.2, -0.15) is 0 Å². The van der Waals surface area contributed by atoms with Gasteiger partial charge in [-0.3, -0.25) is 9.59 Å². The standard InChI is InChI=1S/C19H19N3O3/c1-22-7-5-12-14(19(22)25)10-20-16(12)9-13-17-11(6-8-23)3-2-4-15(17)21-18(13)24/h2-4,9-10,20,23H,5-8H2,1H3,(H,21,24). The summed E-state index contributed by atoms with van der Waals surface area (Å²) in [4.78, 5) is 29.6. The Morgan fingerprint density at radius 3 is 2.96 bits per heavy atom. The van der Waals surface area contributed by atoms with E-state index in [1.165, 1.54) is 0 Å². The maximum atomic E-state index is 12.5. The van der Waals surface area contributed by atoms with Crippen LogP contribution in [0.3, 0.4) is 0 Å². The molecule has 0 fully saturated rings. The SMILES string of the molecule is CN1CCc2c(c[nH]c2C=C2C(=O)Nc3cccc(CCO)c32)C1=O. The number of amides is 2. The van der Waals surface area contributed by atoms with Crippen LogP contribution < -0.4 is 5.32 Å². The molecule has 0 aliphatic carbocycles. The van der Waals surface area contributed by atoms with Crippen molar-refractivity contribution in [2.24, 2.45) is 0 Å². The molecule has 1 aromatic carbocycles. The molecule has 0 bridgehead atoms. The number of rotatable bonds is 3. The summed E-state index contributed by atoms with van der Waals surface area (Å²) in [6.45, 7) is 0.690. The summed E-state index contributed by atoms with van der Waals surface area (Å²) < 4.78 is 0. The van der Waals surface area contributed by atoms with Crippen molar-refractivity contribution in [1.29, 1.82) is 0 Å². The molecular formula is C19H19N3O3. The van der Waals surface area contributed by atoms with Gasteiger partial charge >= 0.3 is 0 Å². The molecule has 2 amide bonds. The third kappa shape index (κ3) is 2.46. The summed E-state index contributed by atoms with van der Waals surface area (Å²) in [6.07, 6.45) is 4.78. The third-order valence-electron chi connectivity index (χ3n) is 4.88. The van der Waals surface area contributed by atoms with Crippen LogP contribution in [0.25, 0.3) is 11.6 Å². The minimum Gasteiger partial charge on any atom is -0.396 e. The molecule has 0 saturated heterocycles. The second-order valence-electron chi connectivity index (χ2n) is 6.40. The molecule has 25 heavy (non-hydrogen) atoms. The van der Waals surface area contributed by atoms with E-state index < -0.39 is 0 Å². The van der Waals surface area contributed by atoms with Gasteiger partial charge in [0.2, 0.25) is 0 Å². The smallest absolute Gasteiger partial charge is 0.256 e. The maximum Gasteiger partial charge on any atom is 0.256 e. The molecule has 0 radical (unpaired) electrons. The molecule has 2 aromatic rings. The average molecular weight is 337 g/mol. The Morgan fingerprint density at radius 1 is 1.32 bits per heavy atom. The van der Waals surface area contributed by atoms with E-state index in [0.29, 0.717) is 24.1 Å². The number of nitrogens with one attached hydrogen (secondary N) is 2. The normalized spacial score (nSPS) is 17.7. The highest BCUT2D eigenvalue weighted by molar-refractivity contribution is 6.35. The van der Waals surface area contributed by atoms with Crippen molar-refractivity contribution in [3.63, 3.8) is 0 Å². The number of benzene rings is 1. The number of fused-ring (bicyclic) bond motifs is 2. The van der Waals surface area contributed by atoms with E-state index >= 15 is 0 Å². The number of aromatic nitrogens is 1. The zero-order chi connectivity index (χ0) is 17.6. The molecule has 0 spiro atoms. The summed E-state index contributed by atoms with van der Waals surface area (Å²) in [6, 6.07) is 5.65. The van der Waals surface area contributed by atoms with Crippen LogP contribution in [0.5, 0.6) is 0 Å². The first kappa shape index (κ1) is 15.7. The second-order valence-corrected chi connectivity index (χ2v) is 6.40. The molecule has 2 aliphatic rings. The second kappa shape index (κ2) is 5.89. The Morgan fingerprint density at radius 2 is 2.16 bits per heavy atom. The molecule has 6 nitrogen and oxygen atoms in total. The van der Waals surface area contributed by atoms with E-state index in [1.807, 2.05) is 24.3 Å². The van der Waals surface area contributed by atoms with Crippen LogP contribution in [0, 0.1) is 0 Å². The monoisotopic (exact) mass is 337 g/mol. The van der Waals surface area contributed by atoms with Gasteiger partial charge in [-0.15, -0.1) is 0 Å². The minimum atomic E-state index is -0.164. The van der Waals surface area contributed by atoms with Crippen LogP contribution >= 0.6 is 0 Å². The van der Waals surface area contributed by atoms with Crippen molar-refractivity contribution < 1.29 is 14.7 Å². The molecule has 0 saturated carbocycles. The zero-order valence-corrected chi connectivity index (χ0v) is 13.9. The van der Waals surface area contributed by atoms with Crippen molar-refractivity contribution in [1.82, 2.24) is 9.88 Å². The highest BCUT2D eigenvalue weighted by Crippen LogP contribution is 2.36. The van der Waals surface area contributed by atoms with Gasteiger partial charge in [-0.1, -0.05) is 12.1 Å². The fourth-order valence-electron chi connectivity index (χ4n) is 3.58. The molecule has 4 rings (SSSR count). The number of likely N-dealkylation sites (N-methyl/N-ethyl adjacent to an activating group) is 1. The predicted octanol–water partition coefficient (Wildman–Crippen LogP) is 1.67. The lowest BCUT2D eigenvalue weighted by Gasteiger charge is -2.22. The van der Waals surface area contributed by atoms with Gasteiger partial charge in [0, 0.05) is 43.3 Å². The van der Waals surface area contributed by atoms with Gasteiger partial charge in [-0.05, 0) is 36.1 Å². The van der Waals surface area contributed by atoms with Crippen molar-refractivity contribution >= 4 is 29.2 Å². The Hall–Kier alpha value is -2.86. The topological polar surface area (TPSA) is 85.4 Å². The lowest BCUT2D eigenvalue weighted by molar-refractivity contribution is -0.110. The number of aromatic amines is 1. The number of carbonyl (C=O) groups excluding carboxylic acids is 2. The van der Waals surface area contributed by atoms with Gasteiger partial charge in [0.25, 0.3) is 11.8 Å². The van der Waals surface area contributed by atoms with E-state index in [2.05, 4.69) is 10.3 Å². The summed E-state index contributed by atoms with van der Waals surface area (Å²) in [5.74, 6) is -0.164. The van der Waals surface area contributed by atoms with Crippen molar-refractivity contribution in [2.45, 2.75) is 12.8 Å². The van der Waals surface area contributed by atoms with E-state index in [-0.39, 0.29) is 18.4 Å². The number of hydrogen-bond donors (Lipinski definition) is 3. The fourth-order valence-corrected chi connectivity index (χ4v) is 3.58. The van der Waals surface area contributed by atoms with Gasteiger partial charge in [0.15, 0.2) is 0 Å². The molecule has 128 valence electrons. The van der Waals surface area contributed by atoms with E-state index in [9.17, 15) is 14.7 Å². The molecule has 2 aliphatic heterocycles. The fraction of sp³-hybridized carbons (Fsp3) is 0.263. The number of H-pyrrole nitrogens is 1. The molecule has 0 unspecified atom stereocenters. The largest absolute Gasteiger partial charge is 0.396 e. The van der Waals surface area contributed by atoms with Crippen LogP contribution in [-0.2, 0) is 17.6 Å². The van der Waals surface area contributed by atoms with E-state index in [0.717, 1.165) is 34.5 Å². The number of carbonyl (C=O) groups is 2. The number of nitrogens with zero attached hydrogens (tertiary/aromatic N) is 1. The van der Waals surface area contributed by atoms with Gasteiger partial charge in [0.1, 0.15) is 0 Å². The van der Waals surface area contributed by atoms with Gasteiger partial charge in [-0.25, -0.2) is 0 Å². The summed E-state index contributed by atoms with van der Waals surface area (Å²) in [5.41, 5.74) is 5.52. The van der Waals surface area contributed by atoms with Crippen LogP contribution in [0.2, 0.25) is 0 Å². The quantitative estimate of drug-likeness (QED) is 0.745. The zero-order valence-electron chi connectivity index (χ0n) is 13.9. The number of aliphatic hydroxyl groups excluding tert-OH is 1. The molecule has 0 atom stereocenters. The lowest BCUT2D eigenvalue weighted by atomic mass is 9.96. The number of aliphatic hydroxyl groups is 1. The van der Waals surface area contributed by atoms with E-state index in [1.54, 1.807) is 18.1 Å². The van der Waals surface area contributed by atoms with Gasteiger partial charge in [0.05, 0.1) is 11.1 Å².